The van der Waals surface area contributed by atoms with E-state index in [1.54, 1.807) is 0 Å². The second-order valence-corrected chi connectivity index (χ2v) is 17.0. The fourth-order valence-electron chi connectivity index (χ4n) is 6.96. The molecule has 0 saturated heterocycles. The summed E-state index contributed by atoms with van der Waals surface area (Å²) in [4.78, 5) is 42.9. The number of phosphoric ester groups is 1. The third-order valence-electron chi connectivity index (χ3n) is 10.4. The molecule has 0 aromatic rings. The molecule has 0 spiro atoms. The highest BCUT2D eigenvalue weighted by atomic mass is 31.2. The lowest BCUT2D eigenvalue weighted by atomic mass is 10.0. The van der Waals surface area contributed by atoms with Gasteiger partial charge in [-0.1, -0.05) is 226 Å². The number of carbonyl (C=O) groups is 2. The summed E-state index contributed by atoms with van der Waals surface area (Å²) in [5, 5.41) is 0. The van der Waals surface area contributed by atoms with Crippen LogP contribution >= 0.6 is 7.82 Å². The average Bonchev–Trinajstić information content (AvgIpc) is 3.13. The molecule has 0 bridgehead atoms. The quantitative estimate of drug-likeness (QED) is 0.0357. The summed E-state index contributed by atoms with van der Waals surface area (Å²) in [5.74, 6) is -0.865. The third-order valence-corrected chi connectivity index (χ3v) is 10.9. The Bertz CT molecular complexity index is 832. The van der Waals surface area contributed by atoms with Crippen molar-refractivity contribution in [1.82, 2.24) is 0 Å². The van der Waals surface area contributed by atoms with Gasteiger partial charge in [-0.05, 0) is 12.8 Å². The smallest absolute Gasteiger partial charge is 0.462 e. The summed E-state index contributed by atoms with van der Waals surface area (Å²) in [6.45, 7) is 3.73. The maximum atomic E-state index is 12.4. The number of carbonyl (C=O) groups excluding carboxylic acids is 2. The highest BCUT2D eigenvalue weighted by molar-refractivity contribution is 7.46. The van der Waals surface area contributed by atoms with Gasteiger partial charge in [-0.2, -0.15) is 0 Å². The summed E-state index contributed by atoms with van der Waals surface area (Å²) < 4.78 is 26.4. The van der Waals surface area contributed by atoms with Gasteiger partial charge in [-0.15, -0.1) is 0 Å². The van der Waals surface area contributed by atoms with Crippen molar-refractivity contribution in [2.45, 2.75) is 258 Å². The molecule has 0 saturated carbocycles. The molecule has 0 fully saturated rings. The monoisotopic (exact) mass is 775 g/mol. The second-order valence-electron chi connectivity index (χ2n) is 15.7. The Hall–Kier alpha value is -0.950. The van der Waals surface area contributed by atoms with Crippen LogP contribution in [0.2, 0.25) is 0 Å². The van der Waals surface area contributed by atoms with E-state index in [2.05, 4.69) is 18.4 Å². The first kappa shape index (κ1) is 52.0. The van der Waals surface area contributed by atoms with Crippen LogP contribution < -0.4 is 0 Å². The van der Waals surface area contributed by atoms with Gasteiger partial charge < -0.3 is 19.3 Å². The maximum absolute atomic E-state index is 12.4. The normalized spacial score (nSPS) is 12.3. The van der Waals surface area contributed by atoms with Crippen molar-refractivity contribution in [2.75, 3.05) is 13.2 Å². The minimum Gasteiger partial charge on any atom is -0.462 e. The van der Waals surface area contributed by atoms with Gasteiger partial charge in [-0.3, -0.25) is 14.1 Å². The molecule has 1 atom stereocenters. The number of ether oxygens (including phenoxy) is 2. The van der Waals surface area contributed by atoms with E-state index in [9.17, 15) is 14.2 Å². The van der Waals surface area contributed by atoms with Gasteiger partial charge in [0, 0.05) is 12.8 Å². The molecule has 0 radical (unpaired) electrons. The minimum absolute atomic E-state index is 0.220. The van der Waals surface area contributed by atoms with Crippen LogP contribution in [0.3, 0.4) is 0 Å². The Labute approximate surface area is 327 Å². The van der Waals surface area contributed by atoms with E-state index in [1.807, 2.05) is 0 Å². The van der Waals surface area contributed by atoms with E-state index in [0.29, 0.717) is 6.42 Å². The van der Waals surface area contributed by atoms with Crippen LogP contribution in [-0.2, 0) is 28.2 Å². The van der Waals surface area contributed by atoms with E-state index in [-0.39, 0.29) is 19.4 Å². The summed E-state index contributed by atoms with van der Waals surface area (Å²) in [6, 6.07) is 0. The van der Waals surface area contributed by atoms with Crippen LogP contribution in [0.4, 0.5) is 0 Å². The standard InChI is InChI=1S/C44H87O8P/c1-3-5-7-9-11-13-15-17-19-20-21-22-23-24-25-27-28-30-32-34-36-38-43(45)50-40-42(41-51-53(47,48)49)52-44(46)39-37-35-33-31-29-26-18-16-14-12-10-8-6-4-2/h42H,3-41H2,1-2H3,(H2,47,48,49)/t42-/m1/s1. The van der Waals surface area contributed by atoms with E-state index >= 15 is 0 Å². The molecule has 0 unspecified atom stereocenters. The molecule has 0 aromatic carbocycles. The van der Waals surface area contributed by atoms with Crippen LogP contribution in [-0.4, -0.2) is 41.0 Å². The van der Waals surface area contributed by atoms with Gasteiger partial charge in [0.15, 0.2) is 6.10 Å². The molecule has 0 rings (SSSR count). The lowest BCUT2D eigenvalue weighted by Crippen LogP contribution is -2.29. The number of hydrogen-bond acceptors (Lipinski definition) is 6. The van der Waals surface area contributed by atoms with E-state index < -0.39 is 32.5 Å². The molecule has 0 heterocycles. The molecule has 316 valence electrons. The predicted molar refractivity (Wildman–Crippen MR) is 221 cm³/mol. The first-order valence-corrected chi connectivity index (χ1v) is 24.4. The van der Waals surface area contributed by atoms with Gasteiger partial charge in [0.1, 0.15) is 6.61 Å². The van der Waals surface area contributed by atoms with Crippen LogP contribution in [0.5, 0.6) is 0 Å². The molecule has 0 aliphatic rings. The molecule has 0 aromatic heterocycles. The minimum atomic E-state index is -4.75. The highest BCUT2D eigenvalue weighted by Gasteiger charge is 2.23. The first-order chi connectivity index (χ1) is 25.8. The van der Waals surface area contributed by atoms with Gasteiger partial charge in [0.05, 0.1) is 6.61 Å². The van der Waals surface area contributed by atoms with Crippen molar-refractivity contribution in [3.63, 3.8) is 0 Å². The van der Waals surface area contributed by atoms with Crippen molar-refractivity contribution in [2.24, 2.45) is 0 Å². The molecule has 0 amide bonds. The Kier molecular flexibility index (Phi) is 40.0. The van der Waals surface area contributed by atoms with Crippen molar-refractivity contribution < 1.29 is 37.9 Å². The Morgan fingerprint density at radius 3 is 0.962 bits per heavy atom. The maximum Gasteiger partial charge on any atom is 0.469 e. The van der Waals surface area contributed by atoms with Crippen LogP contribution in [0, 0.1) is 0 Å². The number of phosphoric acid groups is 1. The number of hydrogen-bond donors (Lipinski definition) is 2. The van der Waals surface area contributed by atoms with Crippen LogP contribution in [0.15, 0.2) is 0 Å². The van der Waals surface area contributed by atoms with Crippen molar-refractivity contribution in [1.29, 1.82) is 0 Å². The summed E-state index contributed by atoms with van der Waals surface area (Å²) in [6.07, 6.45) is 44.0. The molecular weight excluding hydrogens is 687 g/mol. The number of esters is 2. The van der Waals surface area contributed by atoms with Gasteiger partial charge in [-0.25, -0.2) is 4.57 Å². The highest BCUT2D eigenvalue weighted by Crippen LogP contribution is 2.36. The molecule has 8 nitrogen and oxygen atoms in total. The van der Waals surface area contributed by atoms with Crippen LogP contribution in [0.25, 0.3) is 0 Å². The van der Waals surface area contributed by atoms with Gasteiger partial charge in [0.2, 0.25) is 0 Å². The van der Waals surface area contributed by atoms with E-state index in [0.717, 1.165) is 32.1 Å². The zero-order valence-corrected chi connectivity index (χ0v) is 35.8. The summed E-state index contributed by atoms with van der Waals surface area (Å²) in [7, 11) is -4.75. The third kappa shape index (κ3) is 43.6. The fourth-order valence-corrected chi connectivity index (χ4v) is 7.32. The largest absolute Gasteiger partial charge is 0.469 e. The molecule has 2 N–H and O–H groups in total. The predicted octanol–water partition coefficient (Wildman–Crippen LogP) is 14.0. The van der Waals surface area contributed by atoms with E-state index in [4.69, 9.17) is 19.3 Å². The first-order valence-electron chi connectivity index (χ1n) is 22.8. The van der Waals surface area contributed by atoms with E-state index in [1.165, 1.54) is 186 Å². The lowest BCUT2D eigenvalue weighted by Gasteiger charge is -2.18. The molecular formula is C44H87O8P. The zero-order valence-electron chi connectivity index (χ0n) is 34.9. The second kappa shape index (κ2) is 40.7. The number of unbranched alkanes of at least 4 members (excludes halogenated alkanes) is 33. The van der Waals surface area contributed by atoms with Gasteiger partial charge >= 0.3 is 19.8 Å². The summed E-state index contributed by atoms with van der Waals surface area (Å²) >= 11 is 0. The Morgan fingerprint density at radius 1 is 0.415 bits per heavy atom. The molecule has 53 heavy (non-hydrogen) atoms. The number of rotatable bonds is 43. The molecule has 0 aliphatic carbocycles. The zero-order chi connectivity index (χ0) is 38.9. The van der Waals surface area contributed by atoms with Crippen molar-refractivity contribution >= 4 is 19.8 Å². The Balaban J connectivity index is 3.78. The van der Waals surface area contributed by atoms with Crippen LogP contribution in [0.1, 0.15) is 251 Å². The van der Waals surface area contributed by atoms with Gasteiger partial charge in [0.25, 0.3) is 0 Å². The molecule has 9 heteroatoms. The van der Waals surface area contributed by atoms with Crippen molar-refractivity contribution in [3.05, 3.63) is 0 Å². The Morgan fingerprint density at radius 2 is 0.679 bits per heavy atom. The summed E-state index contributed by atoms with van der Waals surface area (Å²) in [5.41, 5.74) is 0. The average molecular weight is 775 g/mol. The van der Waals surface area contributed by atoms with Crippen molar-refractivity contribution in [3.8, 4) is 0 Å². The topological polar surface area (TPSA) is 119 Å². The molecule has 0 aliphatic heterocycles. The fraction of sp³-hybridized carbons (Fsp3) is 0.955. The SMILES string of the molecule is CCCCCCCCCCCCCCCCCCCCCCCC(=O)OC[C@H](COP(=O)(O)O)OC(=O)CCCCCCCCCCCCCCCC. The lowest BCUT2D eigenvalue weighted by molar-refractivity contribution is -0.161.